The molecule has 1 aromatic carbocycles. The van der Waals surface area contributed by atoms with Crippen molar-refractivity contribution in [3.8, 4) is 0 Å². The Kier molecular flexibility index (Phi) is 4.12. The summed E-state index contributed by atoms with van der Waals surface area (Å²) in [5.41, 5.74) is 3.65. The first-order chi connectivity index (χ1) is 13.7. The van der Waals surface area contributed by atoms with E-state index in [9.17, 15) is 5.11 Å². The maximum Gasteiger partial charge on any atom is 0.247 e. The smallest absolute Gasteiger partial charge is 0.247 e. The molecule has 8 heteroatoms. The molecule has 28 heavy (non-hydrogen) atoms. The number of hydrogen-bond acceptors (Lipinski definition) is 6. The maximum absolute atomic E-state index is 9.71. The van der Waals surface area contributed by atoms with Crippen LogP contribution in [0.15, 0.2) is 36.4 Å². The normalized spacial score (nSPS) is 19.9. The third-order valence-corrected chi connectivity index (χ3v) is 5.42. The Morgan fingerprint density at radius 1 is 1.14 bits per heavy atom. The number of H-pyrrole nitrogens is 1. The van der Waals surface area contributed by atoms with Crippen molar-refractivity contribution in [1.82, 2.24) is 24.8 Å². The summed E-state index contributed by atoms with van der Waals surface area (Å²) in [4.78, 5) is 4.59. The van der Waals surface area contributed by atoms with Crippen molar-refractivity contribution in [1.29, 1.82) is 0 Å². The van der Waals surface area contributed by atoms with Crippen LogP contribution in [0.25, 0.3) is 16.6 Å². The predicted molar refractivity (Wildman–Crippen MR) is 109 cm³/mol. The Hall–Kier alpha value is -3.13. The number of anilines is 3. The first-order valence-electron chi connectivity index (χ1n) is 9.68. The second-order valence-electron chi connectivity index (χ2n) is 7.46. The summed E-state index contributed by atoms with van der Waals surface area (Å²) in [6.07, 6.45) is 3.44. The fourth-order valence-electron chi connectivity index (χ4n) is 3.86. The third-order valence-electron chi connectivity index (χ3n) is 5.42. The molecule has 0 spiro atoms. The van der Waals surface area contributed by atoms with Crippen molar-refractivity contribution >= 4 is 34.0 Å². The van der Waals surface area contributed by atoms with Gasteiger partial charge in [-0.2, -0.15) is 14.6 Å². The van der Waals surface area contributed by atoms with Crippen LogP contribution in [0, 0.1) is 6.92 Å². The number of rotatable bonds is 4. The van der Waals surface area contributed by atoms with Gasteiger partial charge < -0.3 is 15.7 Å². The molecule has 1 saturated carbocycles. The van der Waals surface area contributed by atoms with Crippen molar-refractivity contribution < 1.29 is 5.11 Å². The highest BCUT2D eigenvalue weighted by molar-refractivity contribution is 5.85. The molecule has 0 unspecified atom stereocenters. The van der Waals surface area contributed by atoms with Crippen molar-refractivity contribution in [2.45, 2.75) is 44.8 Å². The van der Waals surface area contributed by atoms with Crippen molar-refractivity contribution in [3.63, 3.8) is 0 Å². The van der Waals surface area contributed by atoms with Gasteiger partial charge in [0.2, 0.25) is 5.95 Å². The average Bonchev–Trinajstić information content (AvgIpc) is 3.27. The summed E-state index contributed by atoms with van der Waals surface area (Å²) in [5, 5.41) is 29.6. The summed E-state index contributed by atoms with van der Waals surface area (Å²) in [7, 11) is 0. The molecular weight excluding hydrogens is 354 g/mol. The Bertz CT molecular complexity index is 1120. The van der Waals surface area contributed by atoms with Gasteiger partial charge in [-0.15, -0.1) is 5.10 Å². The summed E-state index contributed by atoms with van der Waals surface area (Å²) < 4.78 is 1.83. The van der Waals surface area contributed by atoms with Gasteiger partial charge in [-0.25, -0.2) is 0 Å². The van der Waals surface area contributed by atoms with E-state index in [-0.39, 0.29) is 6.10 Å². The molecule has 4 aromatic rings. The minimum atomic E-state index is -0.160. The molecule has 0 aliphatic heterocycles. The summed E-state index contributed by atoms with van der Waals surface area (Å²) in [6.45, 7) is 1.98. The highest BCUT2D eigenvalue weighted by Crippen LogP contribution is 2.24. The van der Waals surface area contributed by atoms with E-state index in [1.165, 1.54) is 0 Å². The first-order valence-corrected chi connectivity index (χ1v) is 9.68. The summed E-state index contributed by atoms with van der Waals surface area (Å²) in [6, 6.07) is 12.3. The predicted octanol–water partition coefficient (Wildman–Crippen LogP) is 3.37. The number of aromatic amines is 1. The molecule has 0 bridgehead atoms. The minimum absolute atomic E-state index is 0.160. The van der Waals surface area contributed by atoms with Gasteiger partial charge in [-0.1, -0.05) is 6.07 Å². The minimum Gasteiger partial charge on any atom is -0.393 e. The van der Waals surface area contributed by atoms with Gasteiger partial charge in [0.15, 0.2) is 5.65 Å². The SMILES string of the molecule is Cc1n[nH]c2cc(Nc3nc4cccc(N[C@H]5CC[C@H](O)CC5)n4n3)ccc12. The largest absolute Gasteiger partial charge is 0.393 e. The van der Waals surface area contributed by atoms with Crippen LogP contribution in [0.4, 0.5) is 17.5 Å². The average molecular weight is 377 g/mol. The molecule has 0 saturated heterocycles. The number of hydrogen-bond donors (Lipinski definition) is 4. The van der Waals surface area contributed by atoms with Gasteiger partial charge in [0.05, 0.1) is 17.3 Å². The molecular formula is C20H23N7O. The third kappa shape index (κ3) is 3.16. The second kappa shape index (κ2) is 6.79. The Morgan fingerprint density at radius 3 is 2.86 bits per heavy atom. The molecule has 1 aliphatic carbocycles. The van der Waals surface area contributed by atoms with E-state index >= 15 is 0 Å². The van der Waals surface area contributed by atoms with Crippen LogP contribution in [0.1, 0.15) is 31.4 Å². The lowest BCUT2D eigenvalue weighted by Gasteiger charge is -2.26. The number of nitrogens with one attached hydrogen (secondary N) is 3. The van der Waals surface area contributed by atoms with E-state index in [1.54, 1.807) is 0 Å². The second-order valence-corrected chi connectivity index (χ2v) is 7.46. The monoisotopic (exact) mass is 377 g/mol. The molecule has 1 aliphatic rings. The molecule has 5 rings (SSSR count). The molecule has 144 valence electrons. The van der Waals surface area contributed by atoms with E-state index in [1.807, 2.05) is 47.8 Å². The van der Waals surface area contributed by atoms with E-state index in [2.05, 4.69) is 30.9 Å². The lowest BCUT2D eigenvalue weighted by Crippen LogP contribution is -2.29. The number of aliphatic hydroxyl groups is 1. The molecule has 4 N–H and O–H groups in total. The summed E-state index contributed by atoms with van der Waals surface area (Å²) in [5.74, 6) is 1.46. The van der Waals surface area contributed by atoms with Crippen molar-refractivity contribution in [2.24, 2.45) is 0 Å². The molecule has 8 nitrogen and oxygen atoms in total. The van der Waals surface area contributed by atoms with Crippen LogP contribution >= 0.6 is 0 Å². The first kappa shape index (κ1) is 17.0. The fraction of sp³-hybridized carbons (Fsp3) is 0.350. The van der Waals surface area contributed by atoms with Crippen molar-refractivity contribution in [2.75, 3.05) is 10.6 Å². The molecule has 3 heterocycles. The van der Waals surface area contributed by atoms with E-state index < -0.39 is 0 Å². The molecule has 0 atom stereocenters. The standard InChI is InChI=1S/C20H23N7O/c1-12-16-10-7-14(11-17(16)25-24-12)22-20-23-19-4-2-3-18(27(19)26-20)21-13-5-8-15(28)9-6-13/h2-4,7,10-11,13,15,21,28H,5-6,8-9H2,1H3,(H,22,26)(H,24,25)/t13-,15-. The summed E-state index contributed by atoms with van der Waals surface area (Å²) >= 11 is 0. The highest BCUT2D eigenvalue weighted by atomic mass is 16.3. The topological polar surface area (TPSA) is 103 Å². The van der Waals surface area contributed by atoms with Crippen LogP contribution in [-0.4, -0.2) is 42.0 Å². The van der Waals surface area contributed by atoms with Crippen LogP contribution in [0.2, 0.25) is 0 Å². The van der Waals surface area contributed by atoms with Crippen LogP contribution < -0.4 is 10.6 Å². The Labute approximate surface area is 162 Å². The zero-order chi connectivity index (χ0) is 19.1. The number of nitrogens with zero attached hydrogens (tertiary/aromatic N) is 4. The van der Waals surface area contributed by atoms with E-state index in [0.717, 1.165) is 59.4 Å². The van der Waals surface area contributed by atoms with Crippen LogP contribution in [0.5, 0.6) is 0 Å². The van der Waals surface area contributed by atoms with Gasteiger partial charge in [-0.3, -0.25) is 5.10 Å². The van der Waals surface area contributed by atoms with E-state index in [0.29, 0.717) is 12.0 Å². The zero-order valence-electron chi connectivity index (χ0n) is 15.7. The van der Waals surface area contributed by atoms with E-state index in [4.69, 9.17) is 0 Å². The van der Waals surface area contributed by atoms with Gasteiger partial charge >= 0.3 is 0 Å². The van der Waals surface area contributed by atoms with Gasteiger partial charge in [0, 0.05) is 17.1 Å². The van der Waals surface area contributed by atoms with Gasteiger partial charge in [0.25, 0.3) is 0 Å². The number of aliphatic hydroxyl groups excluding tert-OH is 1. The molecule has 1 fully saturated rings. The lowest BCUT2D eigenvalue weighted by atomic mass is 9.93. The van der Waals surface area contributed by atoms with Crippen LogP contribution in [0.3, 0.4) is 0 Å². The number of fused-ring (bicyclic) bond motifs is 2. The maximum atomic E-state index is 9.71. The number of pyridine rings is 1. The zero-order valence-corrected chi connectivity index (χ0v) is 15.7. The molecule has 3 aromatic heterocycles. The highest BCUT2D eigenvalue weighted by Gasteiger charge is 2.20. The molecule has 0 amide bonds. The number of aryl methyl sites for hydroxylation is 1. The lowest BCUT2D eigenvalue weighted by molar-refractivity contribution is 0.126. The fourth-order valence-corrected chi connectivity index (χ4v) is 3.86. The molecule has 0 radical (unpaired) electrons. The number of benzene rings is 1. The Morgan fingerprint density at radius 2 is 2.00 bits per heavy atom. The Balaban J connectivity index is 1.39. The van der Waals surface area contributed by atoms with Gasteiger partial charge in [0.1, 0.15) is 5.82 Å². The van der Waals surface area contributed by atoms with Crippen LogP contribution in [-0.2, 0) is 0 Å². The quantitative estimate of drug-likeness (QED) is 0.435. The van der Waals surface area contributed by atoms with Gasteiger partial charge in [-0.05, 0) is 62.9 Å². The van der Waals surface area contributed by atoms with Crippen molar-refractivity contribution in [3.05, 3.63) is 42.1 Å². The number of aromatic nitrogens is 5.